The van der Waals surface area contributed by atoms with Crippen LogP contribution in [0.25, 0.3) is 0 Å². The van der Waals surface area contributed by atoms with E-state index in [4.69, 9.17) is 5.73 Å². The van der Waals surface area contributed by atoms with Crippen LogP contribution in [0, 0.1) is 11.6 Å². The molecule has 0 saturated heterocycles. The molecule has 1 aromatic heterocycles. The van der Waals surface area contributed by atoms with Crippen molar-refractivity contribution in [3.8, 4) is 0 Å². The van der Waals surface area contributed by atoms with Gasteiger partial charge in [-0.1, -0.05) is 17.8 Å². The summed E-state index contributed by atoms with van der Waals surface area (Å²) in [7, 11) is 0. The zero-order valence-corrected chi connectivity index (χ0v) is 11.3. The molecule has 2 rings (SSSR count). The molecule has 0 aliphatic carbocycles. The molecule has 0 radical (unpaired) electrons. The second-order valence-corrected chi connectivity index (χ2v) is 4.87. The topological polar surface area (TPSA) is 101 Å². The number of thioether (sulfide) groups is 1. The number of aromatic amines is 1. The predicted octanol–water partition coefficient (Wildman–Crippen LogP) is 1.36. The van der Waals surface area contributed by atoms with Crippen LogP contribution < -0.4 is 16.6 Å². The largest absolute Gasteiger partial charge is 0.383 e. The summed E-state index contributed by atoms with van der Waals surface area (Å²) in [6.45, 7) is 0. The number of H-pyrrole nitrogens is 1. The maximum Gasteiger partial charge on any atom is 0.253 e. The predicted molar refractivity (Wildman–Crippen MR) is 75.0 cm³/mol. The van der Waals surface area contributed by atoms with Crippen molar-refractivity contribution in [3.63, 3.8) is 0 Å². The van der Waals surface area contributed by atoms with Crippen LogP contribution in [-0.2, 0) is 4.79 Å². The Hall–Kier alpha value is -2.42. The molecule has 9 heteroatoms. The number of nitrogen functional groups attached to an aromatic ring is 1. The first-order valence-corrected chi connectivity index (χ1v) is 6.68. The highest BCUT2D eigenvalue weighted by atomic mass is 32.2. The summed E-state index contributed by atoms with van der Waals surface area (Å²) in [4.78, 5) is 29.0. The Kier molecular flexibility index (Phi) is 4.53. The van der Waals surface area contributed by atoms with Gasteiger partial charge < -0.3 is 16.0 Å². The third-order valence-corrected chi connectivity index (χ3v) is 3.18. The van der Waals surface area contributed by atoms with Gasteiger partial charge in [-0.2, -0.15) is 0 Å². The monoisotopic (exact) mass is 312 g/mol. The van der Waals surface area contributed by atoms with Crippen LogP contribution in [0.1, 0.15) is 0 Å². The van der Waals surface area contributed by atoms with E-state index < -0.39 is 28.8 Å². The lowest BCUT2D eigenvalue weighted by Gasteiger charge is -2.07. The maximum atomic E-state index is 13.3. The van der Waals surface area contributed by atoms with E-state index in [9.17, 15) is 18.4 Å². The van der Waals surface area contributed by atoms with Crippen molar-refractivity contribution in [2.24, 2.45) is 0 Å². The van der Waals surface area contributed by atoms with Gasteiger partial charge in [0.2, 0.25) is 5.91 Å². The number of para-hydroxylation sites is 1. The van der Waals surface area contributed by atoms with E-state index in [0.717, 1.165) is 30.0 Å². The molecule has 0 aliphatic heterocycles. The number of halogens is 2. The van der Waals surface area contributed by atoms with Gasteiger partial charge >= 0.3 is 0 Å². The number of carbonyl (C=O) groups is 1. The summed E-state index contributed by atoms with van der Waals surface area (Å²) >= 11 is 0.884. The minimum atomic E-state index is -0.871. The molecule has 0 aliphatic rings. The number of rotatable bonds is 4. The number of nitrogens with one attached hydrogen (secondary N) is 2. The fraction of sp³-hybridized carbons (Fsp3) is 0.0833. The normalized spacial score (nSPS) is 10.4. The molecule has 4 N–H and O–H groups in total. The van der Waals surface area contributed by atoms with E-state index in [2.05, 4.69) is 15.3 Å². The van der Waals surface area contributed by atoms with Crippen LogP contribution in [0.3, 0.4) is 0 Å². The van der Waals surface area contributed by atoms with Crippen LogP contribution in [0.5, 0.6) is 0 Å². The third kappa shape index (κ3) is 4.02. The molecule has 0 unspecified atom stereocenters. The second kappa shape index (κ2) is 6.35. The molecule has 1 heterocycles. The summed E-state index contributed by atoms with van der Waals surface area (Å²) in [5.74, 6) is -2.57. The van der Waals surface area contributed by atoms with Crippen LogP contribution in [-0.4, -0.2) is 21.6 Å². The fourth-order valence-electron chi connectivity index (χ4n) is 1.45. The smallest absolute Gasteiger partial charge is 0.253 e. The third-order valence-electron chi connectivity index (χ3n) is 2.31. The zero-order valence-electron chi connectivity index (χ0n) is 10.5. The number of hydrogen-bond acceptors (Lipinski definition) is 5. The van der Waals surface area contributed by atoms with Gasteiger partial charge in [-0.25, -0.2) is 13.8 Å². The van der Waals surface area contributed by atoms with Crippen molar-refractivity contribution in [1.82, 2.24) is 9.97 Å². The molecule has 0 saturated carbocycles. The molecule has 0 spiro atoms. The number of anilines is 2. The van der Waals surface area contributed by atoms with Gasteiger partial charge in [0.15, 0.2) is 5.16 Å². The Morgan fingerprint density at radius 1 is 1.38 bits per heavy atom. The van der Waals surface area contributed by atoms with E-state index in [-0.39, 0.29) is 16.7 Å². The summed E-state index contributed by atoms with van der Waals surface area (Å²) < 4.78 is 26.7. The van der Waals surface area contributed by atoms with Crippen molar-refractivity contribution in [3.05, 3.63) is 46.3 Å². The number of aromatic nitrogens is 2. The quantitative estimate of drug-likeness (QED) is 0.584. The van der Waals surface area contributed by atoms with Crippen molar-refractivity contribution in [2.45, 2.75) is 5.16 Å². The number of carbonyl (C=O) groups excluding carboxylic acids is 1. The first kappa shape index (κ1) is 15.0. The lowest BCUT2D eigenvalue weighted by Crippen LogP contribution is -2.17. The molecule has 0 fully saturated rings. The zero-order chi connectivity index (χ0) is 15.4. The van der Waals surface area contributed by atoms with Gasteiger partial charge in [0, 0.05) is 6.07 Å². The average Bonchev–Trinajstić information content (AvgIpc) is 2.40. The Balaban J connectivity index is 2.01. The highest BCUT2D eigenvalue weighted by Gasteiger charge is 2.12. The lowest BCUT2D eigenvalue weighted by atomic mass is 10.3. The van der Waals surface area contributed by atoms with Gasteiger partial charge in [0.05, 0.1) is 5.75 Å². The first-order chi connectivity index (χ1) is 9.95. The number of nitrogens with zero attached hydrogens (tertiary/aromatic N) is 1. The van der Waals surface area contributed by atoms with Crippen LogP contribution in [0.15, 0.2) is 34.2 Å². The Labute approximate surface area is 121 Å². The number of benzene rings is 1. The first-order valence-electron chi connectivity index (χ1n) is 5.69. The van der Waals surface area contributed by atoms with Crippen molar-refractivity contribution >= 4 is 29.2 Å². The molecular formula is C12H10F2N4O2S. The molecule has 0 atom stereocenters. The summed E-state index contributed by atoms with van der Waals surface area (Å²) in [6, 6.07) is 4.35. The molecular weight excluding hydrogens is 302 g/mol. The van der Waals surface area contributed by atoms with Crippen LogP contribution >= 0.6 is 11.8 Å². The number of hydrogen-bond donors (Lipinski definition) is 3. The summed E-state index contributed by atoms with van der Waals surface area (Å²) in [6.07, 6.45) is 0. The SMILES string of the molecule is Nc1cc(=O)[nH]c(SCC(=O)Nc2c(F)cccc2F)n1. The highest BCUT2D eigenvalue weighted by Crippen LogP contribution is 2.19. The van der Waals surface area contributed by atoms with Crippen molar-refractivity contribution in [1.29, 1.82) is 0 Å². The Morgan fingerprint density at radius 2 is 2.05 bits per heavy atom. The van der Waals surface area contributed by atoms with Gasteiger partial charge in [0.1, 0.15) is 23.1 Å². The van der Waals surface area contributed by atoms with E-state index in [0.29, 0.717) is 0 Å². The molecule has 110 valence electrons. The summed E-state index contributed by atoms with van der Waals surface area (Å²) in [5.41, 5.74) is 4.42. The minimum Gasteiger partial charge on any atom is -0.383 e. The molecule has 21 heavy (non-hydrogen) atoms. The second-order valence-electron chi connectivity index (χ2n) is 3.91. The molecule has 0 bridgehead atoms. The number of nitrogens with two attached hydrogens (primary N) is 1. The summed E-state index contributed by atoms with van der Waals surface area (Å²) in [5, 5.41) is 2.26. The van der Waals surface area contributed by atoms with Gasteiger partial charge in [-0.3, -0.25) is 9.59 Å². The Bertz CT molecular complexity index is 715. The van der Waals surface area contributed by atoms with E-state index in [1.165, 1.54) is 6.07 Å². The van der Waals surface area contributed by atoms with E-state index >= 15 is 0 Å². The highest BCUT2D eigenvalue weighted by molar-refractivity contribution is 7.99. The van der Waals surface area contributed by atoms with E-state index in [1.807, 2.05) is 0 Å². The standard InChI is InChI=1S/C12H10F2N4O2S/c13-6-2-1-3-7(14)11(6)17-10(20)5-21-12-16-8(15)4-9(19)18-12/h1-4H,5H2,(H,17,20)(H3,15,16,18,19). The van der Waals surface area contributed by atoms with Gasteiger partial charge in [-0.15, -0.1) is 0 Å². The minimum absolute atomic E-state index is 0.0156. The lowest BCUT2D eigenvalue weighted by molar-refractivity contribution is -0.113. The van der Waals surface area contributed by atoms with Gasteiger partial charge in [-0.05, 0) is 12.1 Å². The molecule has 1 aromatic carbocycles. The van der Waals surface area contributed by atoms with Crippen LogP contribution in [0.4, 0.5) is 20.3 Å². The molecule has 1 amide bonds. The molecule has 6 nitrogen and oxygen atoms in total. The Morgan fingerprint density at radius 3 is 2.67 bits per heavy atom. The fourth-order valence-corrected chi connectivity index (χ4v) is 2.13. The average molecular weight is 312 g/mol. The van der Waals surface area contributed by atoms with E-state index in [1.54, 1.807) is 0 Å². The number of amides is 1. The van der Waals surface area contributed by atoms with Crippen molar-refractivity contribution in [2.75, 3.05) is 16.8 Å². The van der Waals surface area contributed by atoms with Crippen LogP contribution in [0.2, 0.25) is 0 Å². The maximum absolute atomic E-state index is 13.3. The molecule has 2 aromatic rings. The van der Waals surface area contributed by atoms with Gasteiger partial charge in [0.25, 0.3) is 5.56 Å². The van der Waals surface area contributed by atoms with Crippen molar-refractivity contribution < 1.29 is 13.6 Å².